The van der Waals surface area contributed by atoms with Crippen molar-refractivity contribution in [3.63, 3.8) is 0 Å². The number of nitrogens with one attached hydrogen (secondary N) is 1. The monoisotopic (exact) mass is 229 g/mol. The first-order valence-corrected chi connectivity index (χ1v) is 5.42. The first-order chi connectivity index (χ1) is 8.34. The number of carbonyl (C=O) groups is 1. The molecule has 0 fully saturated rings. The summed E-state index contributed by atoms with van der Waals surface area (Å²) in [5, 5.41) is 9.90. The van der Waals surface area contributed by atoms with E-state index in [0.717, 1.165) is 17.7 Å². The molecule has 1 amide bonds. The van der Waals surface area contributed by atoms with Crippen LogP contribution < -0.4 is 0 Å². The number of nitrogens with zero attached hydrogens (tertiary/aromatic N) is 4. The molecule has 0 atom stereocenters. The topological polar surface area (TPSA) is 74.8 Å². The molecule has 0 unspecified atom stereocenters. The van der Waals surface area contributed by atoms with E-state index < -0.39 is 0 Å². The molecule has 6 heteroatoms. The summed E-state index contributed by atoms with van der Waals surface area (Å²) in [5.74, 6) is -0.0896. The van der Waals surface area contributed by atoms with Crippen LogP contribution in [-0.2, 0) is 13.0 Å². The average Bonchev–Trinajstić information content (AvgIpc) is 2.91. The van der Waals surface area contributed by atoms with Gasteiger partial charge in [0.1, 0.15) is 0 Å². The maximum Gasteiger partial charge on any atom is 0.276 e. The second-order valence-corrected chi connectivity index (χ2v) is 3.94. The van der Waals surface area contributed by atoms with Crippen LogP contribution in [0.5, 0.6) is 0 Å². The Hall–Kier alpha value is -2.24. The Morgan fingerprint density at radius 1 is 1.47 bits per heavy atom. The van der Waals surface area contributed by atoms with Gasteiger partial charge in [-0.05, 0) is 11.6 Å². The molecule has 0 radical (unpaired) electrons. The molecule has 2 aromatic heterocycles. The van der Waals surface area contributed by atoms with Gasteiger partial charge in [0.2, 0.25) is 0 Å². The van der Waals surface area contributed by atoms with Gasteiger partial charge in [-0.2, -0.15) is 15.4 Å². The normalized spacial score (nSPS) is 14.5. The third kappa shape index (κ3) is 1.77. The van der Waals surface area contributed by atoms with Crippen molar-refractivity contribution in [2.75, 3.05) is 6.54 Å². The molecule has 6 nitrogen and oxygen atoms in total. The van der Waals surface area contributed by atoms with Crippen molar-refractivity contribution in [1.29, 1.82) is 0 Å². The van der Waals surface area contributed by atoms with Gasteiger partial charge in [-0.25, -0.2) is 0 Å². The highest BCUT2D eigenvalue weighted by molar-refractivity contribution is 5.92. The molecule has 0 spiro atoms. The largest absolute Gasteiger partial charge is 0.332 e. The zero-order valence-electron chi connectivity index (χ0n) is 9.13. The lowest BCUT2D eigenvalue weighted by atomic mass is 10.1. The zero-order valence-corrected chi connectivity index (χ0v) is 9.13. The number of pyridine rings is 1. The third-order valence-corrected chi connectivity index (χ3v) is 2.89. The van der Waals surface area contributed by atoms with Crippen molar-refractivity contribution in [2.45, 2.75) is 13.0 Å². The van der Waals surface area contributed by atoms with Crippen LogP contribution in [0.4, 0.5) is 0 Å². The first-order valence-electron chi connectivity index (χ1n) is 5.42. The number of aromatic amines is 1. The number of rotatable bonds is 1. The lowest BCUT2D eigenvalue weighted by Gasteiger charge is -2.27. The fourth-order valence-electron chi connectivity index (χ4n) is 2.01. The number of hydrogen-bond donors (Lipinski definition) is 1. The van der Waals surface area contributed by atoms with Gasteiger partial charge in [0.15, 0.2) is 5.69 Å². The summed E-state index contributed by atoms with van der Waals surface area (Å²) in [7, 11) is 0. The predicted octanol–water partition coefficient (Wildman–Crippen LogP) is 0.398. The molecule has 17 heavy (non-hydrogen) atoms. The van der Waals surface area contributed by atoms with E-state index in [0.29, 0.717) is 18.8 Å². The number of fused-ring (bicyclic) bond motifs is 1. The Kier molecular flexibility index (Phi) is 2.32. The molecular weight excluding hydrogens is 218 g/mol. The van der Waals surface area contributed by atoms with E-state index in [4.69, 9.17) is 0 Å². The van der Waals surface area contributed by atoms with Crippen LogP contribution in [0.25, 0.3) is 0 Å². The minimum Gasteiger partial charge on any atom is -0.332 e. The number of amides is 1. The van der Waals surface area contributed by atoms with E-state index >= 15 is 0 Å². The summed E-state index contributed by atoms with van der Waals surface area (Å²) in [5.41, 5.74) is 2.55. The Morgan fingerprint density at radius 2 is 2.41 bits per heavy atom. The van der Waals surface area contributed by atoms with E-state index in [1.807, 2.05) is 12.1 Å². The summed E-state index contributed by atoms with van der Waals surface area (Å²) in [4.78, 5) is 18.1. The number of H-pyrrole nitrogens is 1. The Morgan fingerprint density at radius 3 is 3.24 bits per heavy atom. The van der Waals surface area contributed by atoms with Crippen LogP contribution in [0.2, 0.25) is 0 Å². The number of hydrogen-bond acceptors (Lipinski definition) is 4. The highest BCUT2D eigenvalue weighted by Gasteiger charge is 2.23. The molecule has 2 aromatic rings. The summed E-state index contributed by atoms with van der Waals surface area (Å²) in [6.07, 6.45) is 4.02. The average molecular weight is 229 g/mol. The van der Waals surface area contributed by atoms with Crippen molar-refractivity contribution in [2.24, 2.45) is 0 Å². The molecule has 0 saturated carbocycles. The van der Waals surface area contributed by atoms with E-state index in [-0.39, 0.29) is 5.91 Å². The molecule has 0 aliphatic carbocycles. The molecule has 1 aliphatic rings. The van der Waals surface area contributed by atoms with Gasteiger partial charge in [0, 0.05) is 31.4 Å². The number of aromatic nitrogens is 4. The summed E-state index contributed by atoms with van der Waals surface area (Å²) in [6.45, 7) is 1.27. The predicted molar refractivity (Wildman–Crippen MR) is 59.1 cm³/mol. The van der Waals surface area contributed by atoms with Crippen LogP contribution in [0.15, 0.2) is 24.5 Å². The van der Waals surface area contributed by atoms with Crippen molar-refractivity contribution in [3.8, 4) is 0 Å². The third-order valence-electron chi connectivity index (χ3n) is 2.89. The molecular formula is C11H11N5O. The highest BCUT2D eigenvalue weighted by Crippen LogP contribution is 2.17. The van der Waals surface area contributed by atoms with E-state index in [2.05, 4.69) is 20.4 Å². The minimum atomic E-state index is -0.0896. The van der Waals surface area contributed by atoms with Crippen LogP contribution in [0.3, 0.4) is 0 Å². The fourth-order valence-corrected chi connectivity index (χ4v) is 2.01. The Bertz CT molecular complexity index is 537. The van der Waals surface area contributed by atoms with Gasteiger partial charge >= 0.3 is 0 Å². The van der Waals surface area contributed by atoms with Gasteiger partial charge in [-0.3, -0.25) is 9.78 Å². The van der Waals surface area contributed by atoms with Gasteiger partial charge < -0.3 is 4.90 Å². The van der Waals surface area contributed by atoms with Gasteiger partial charge in [0.05, 0.1) is 6.20 Å². The quantitative estimate of drug-likeness (QED) is 0.768. The maximum absolute atomic E-state index is 12.1. The molecule has 0 aromatic carbocycles. The van der Waals surface area contributed by atoms with Gasteiger partial charge in [0.25, 0.3) is 5.91 Å². The molecule has 1 aliphatic heterocycles. The van der Waals surface area contributed by atoms with E-state index in [1.54, 1.807) is 11.1 Å². The maximum atomic E-state index is 12.1. The first kappa shape index (κ1) is 9.95. The smallest absolute Gasteiger partial charge is 0.276 e. The summed E-state index contributed by atoms with van der Waals surface area (Å²) in [6, 6.07) is 3.90. The second kappa shape index (κ2) is 3.97. The zero-order chi connectivity index (χ0) is 11.7. The lowest BCUT2D eigenvalue weighted by molar-refractivity contribution is 0.0727. The van der Waals surface area contributed by atoms with Crippen molar-refractivity contribution >= 4 is 5.91 Å². The second-order valence-electron chi connectivity index (χ2n) is 3.94. The van der Waals surface area contributed by atoms with Crippen molar-refractivity contribution in [3.05, 3.63) is 41.5 Å². The summed E-state index contributed by atoms with van der Waals surface area (Å²) >= 11 is 0. The molecule has 3 rings (SSSR count). The molecule has 86 valence electrons. The van der Waals surface area contributed by atoms with E-state index in [9.17, 15) is 4.79 Å². The van der Waals surface area contributed by atoms with Crippen LogP contribution >= 0.6 is 0 Å². The standard InChI is InChI=1S/C11H11N5O/c17-11(10-6-13-15-14-10)16-5-3-9-8(7-16)2-1-4-12-9/h1-2,4,6H,3,5,7H2,(H,13,14,15). The van der Waals surface area contributed by atoms with Crippen LogP contribution in [-0.4, -0.2) is 37.7 Å². The van der Waals surface area contributed by atoms with Gasteiger partial charge in [-0.15, -0.1) is 0 Å². The molecule has 1 N–H and O–H groups in total. The molecule has 3 heterocycles. The molecule has 0 bridgehead atoms. The molecule has 0 saturated heterocycles. The number of carbonyl (C=O) groups excluding carboxylic acids is 1. The summed E-state index contributed by atoms with van der Waals surface area (Å²) < 4.78 is 0. The fraction of sp³-hybridized carbons (Fsp3) is 0.273. The van der Waals surface area contributed by atoms with Gasteiger partial charge in [-0.1, -0.05) is 6.07 Å². The van der Waals surface area contributed by atoms with Crippen LogP contribution in [0, 0.1) is 0 Å². The van der Waals surface area contributed by atoms with Crippen molar-refractivity contribution < 1.29 is 4.79 Å². The SMILES string of the molecule is O=C(c1cn[nH]n1)N1CCc2ncccc2C1. The highest BCUT2D eigenvalue weighted by atomic mass is 16.2. The van der Waals surface area contributed by atoms with Crippen molar-refractivity contribution in [1.82, 2.24) is 25.3 Å². The minimum absolute atomic E-state index is 0.0896. The Labute approximate surface area is 97.7 Å². The van der Waals surface area contributed by atoms with E-state index in [1.165, 1.54) is 6.20 Å². The van der Waals surface area contributed by atoms with Crippen LogP contribution in [0.1, 0.15) is 21.7 Å². The Balaban J connectivity index is 1.83. The lowest BCUT2D eigenvalue weighted by Crippen LogP contribution is -2.36.